The maximum absolute atomic E-state index is 12.8. The molecular formula is C15H21N3O4S. The SMILES string of the molecule is CCc1cc(C(=O)N2CCN(C)[C@H]3CS(=O)(=O)C[C@H]32)cc(=O)[nH]1. The molecule has 1 amide bonds. The second kappa shape index (κ2) is 5.76. The van der Waals surface area contributed by atoms with Gasteiger partial charge >= 0.3 is 0 Å². The summed E-state index contributed by atoms with van der Waals surface area (Å²) in [4.78, 5) is 30.9. The first kappa shape index (κ1) is 16.2. The van der Waals surface area contributed by atoms with E-state index in [0.717, 1.165) is 0 Å². The van der Waals surface area contributed by atoms with Gasteiger partial charge in [0.05, 0.1) is 17.5 Å². The van der Waals surface area contributed by atoms with Gasteiger partial charge in [-0.25, -0.2) is 8.42 Å². The summed E-state index contributed by atoms with van der Waals surface area (Å²) in [5.41, 5.74) is 0.723. The van der Waals surface area contributed by atoms with Gasteiger partial charge in [0.1, 0.15) is 0 Å². The number of aromatic nitrogens is 1. The zero-order valence-corrected chi connectivity index (χ0v) is 14.1. The molecule has 23 heavy (non-hydrogen) atoms. The van der Waals surface area contributed by atoms with E-state index in [1.807, 2.05) is 18.9 Å². The second-order valence-electron chi connectivity index (χ2n) is 6.30. The van der Waals surface area contributed by atoms with Crippen LogP contribution in [0.25, 0.3) is 0 Å². The number of hydrogen-bond acceptors (Lipinski definition) is 5. The van der Waals surface area contributed by atoms with Gasteiger partial charge in [-0.05, 0) is 19.5 Å². The molecule has 2 aliphatic heterocycles. The number of amides is 1. The molecule has 1 aromatic rings. The number of aryl methyl sites for hydroxylation is 1. The van der Waals surface area contributed by atoms with Crippen molar-refractivity contribution in [1.82, 2.24) is 14.8 Å². The Hall–Kier alpha value is -1.67. The minimum absolute atomic E-state index is 0.00241. The second-order valence-corrected chi connectivity index (χ2v) is 8.46. The van der Waals surface area contributed by atoms with Crippen LogP contribution in [-0.2, 0) is 16.3 Å². The molecule has 0 bridgehead atoms. The predicted octanol–water partition coefficient (Wildman–Crippen LogP) is -0.509. The highest BCUT2D eigenvalue weighted by molar-refractivity contribution is 7.91. The monoisotopic (exact) mass is 339 g/mol. The first-order valence-electron chi connectivity index (χ1n) is 7.75. The zero-order chi connectivity index (χ0) is 16.8. The number of nitrogens with one attached hydrogen (secondary N) is 1. The lowest BCUT2D eigenvalue weighted by molar-refractivity contribution is 0.0409. The van der Waals surface area contributed by atoms with Crippen LogP contribution in [0.1, 0.15) is 23.0 Å². The summed E-state index contributed by atoms with van der Waals surface area (Å²) in [6.07, 6.45) is 0.625. The fourth-order valence-corrected chi connectivity index (χ4v) is 5.51. The third kappa shape index (κ3) is 3.05. The zero-order valence-electron chi connectivity index (χ0n) is 13.3. The van der Waals surface area contributed by atoms with E-state index >= 15 is 0 Å². The van der Waals surface area contributed by atoms with E-state index in [2.05, 4.69) is 4.98 Å². The van der Waals surface area contributed by atoms with Crippen molar-refractivity contribution in [2.75, 3.05) is 31.6 Å². The molecule has 0 aromatic carbocycles. The Morgan fingerprint density at radius 2 is 1.96 bits per heavy atom. The van der Waals surface area contributed by atoms with Gasteiger partial charge in [0.25, 0.3) is 5.91 Å². The van der Waals surface area contributed by atoms with E-state index in [4.69, 9.17) is 0 Å². The number of nitrogens with zero attached hydrogens (tertiary/aromatic N) is 2. The summed E-state index contributed by atoms with van der Waals surface area (Å²) < 4.78 is 24.0. The largest absolute Gasteiger partial charge is 0.332 e. The molecule has 2 aliphatic rings. The molecular weight excluding hydrogens is 318 g/mol. The molecule has 0 aliphatic carbocycles. The van der Waals surface area contributed by atoms with E-state index in [1.165, 1.54) is 6.07 Å². The van der Waals surface area contributed by atoms with Crippen molar-refractivity contribution in [2.24, 2.45) is 0 Å². The molecule has 7 nitrogen and oxygen atoms in total. The third-order valence-corrected chi connectivity index (χ3v) is 6.44. The number of H-pyrrole nitrogens is 1. The topological polar surface area (TPSA) is 90.6 Å². The number of aromatic amines is 1. The van der Waals surface area contributed by atoms with Crippen LogP contribution in [0.4, 0.5) is 0 Å². The normalized spacial score (nSPS) is 27.0. The van der Waals surface area contributed by atoms with Crippen LogP contribution >= 0.6 is 0 Å². The quantitative estimate of drug-likeness (QED) is 0.784. The van der Waals surface area contributed by atoms with E-state index in [1.54, 1.807) is 11.0 Å². The maximum atomic E-state index is 12.8. The van der Waals surface area contributed by atoms with Crippen molar-refractivity contribution >= 4 is 15.7 Å². The molecule has 8 heteroatoms. The Kier molecular flexibility index (Phi) is 4.05. The molecule has 2 saturated heterocycles. The summed E-state index contributed by atoms with van der Waals surface area (Å²) in [5.74, 6) is -0.170. The maximum Gasteiger partial charge on any atom is 0.254 e. The Balaban J connectivity index is 1.93. The first-order valence-corrected chi connectivity index (χ1v) is 9.58. The highest BCUT2D eigenvalue weighted by Crippen LogP contribution is 2.27. The van der Waals surface area contributed by atoms with E-state index in [0.29, 0.717) is 30.8 Å². The van der Waals surface area contributed by atoms with Crippen molar-refractivity contribution in [3.63, 3.8) is 0 Å². The molecule has 2 fully saturated rings. The molecule has 2 atom stereocenters. The molecule has 0 spiro atoms. The summed E-state index contributed by atoms with van der Waals surface area (Å²) in [6.45, 7) is 3.00. The van der Waals surface area contributed by atoms with Gasteiger partial charge < -0.3 is 9.88 Å². The molecule has 0 unspecified atom stereocenters. The standard InChI is InChI=1S/C15H21N3O4S/c1-3-11-6-10(7-14(19)16-11)15(20)18-5-4-17(2)12-8-23(21,22)9-13(12)18/h6-7,12-13H,3-5,8-9H2,1-2H3,(H,16,19)/t12-,13+/m0/s1. The average molecular weight is 339 g/mol. The van der Waals surface area contributed by atoms with Gasteiger partial charge in [-0.15, -0.1) is 0 Å². The summed E-state index contributed by atoms with van der Waals surface area (Å²) in [7, 11) is -1.24. The van der Waals surface area contributed by atoms with Gasteiger partial charge in [0, 0.05) is 36.5 Å². The Bertz CT molecular complexity index is 786. The van der Waals surface area contributed by atoms with Crippen LogP contribution < -0.4 is 5.56 Å². The lowest BCUT2D eigenvalue weighted by atomic mass is 10.0. The highest BCUT2D eigenvalue weighted by atomic mass is 32.2. The van der Waals surface area contributed by atoms with E-state index < -0.39 is 9.84 Å². The molecule has 1 aromatic heterocycles. The van der Waals surface area contributed by atoms with Crippen LogP contribution in [0.3, 0.4) is 0 Å². The van der Waals surface area contributed by atoms with Gasteiger partial charge in [0.2, 0.25) is 5.56 Å². The van der Waals surface area contributed by atoms with Crippen molar-refractivity contribution < 1.29 is 13.2 Å². The Morgan fingerprint density at radius 1 is 1.26 bits per heavy atom. The highest BCUT2D eigenvalue weighted by Gasteiger charge is 2.47. The Labute approximate surface area is 135 Å². The van der Waals surface area contributed by atoms with Gasteiger partial charge in [0.15, 0.2) is 9.84 Å². The number of piperazine rings is 1. The fourth-order valence-electron chi connectivity index (χ4n) is 3.46. The summed E-state index contributed by atoms with van der Waals surface area (Å²) >= 11 is 0. The van der Waals surface area contributed by atoms with Crippen LogP contribution in [0.15, 0.2) is 16.9 Å². The number of fused-ring (bicyclic) bond motifs is 1. The lowest BCUT2D eigenvalue weighted by Crippen LogP contribution is -2.59. The molecule has 1 N–H and O–H groups in total. The molecule has 0 saturated carbocycles. The van der Waals surface area contributed by atoms with E-state index in [-0.39, 0.29) is 35.1 Å². The third-order valence-electron chi connectivity index (χ3n) is 4.74. The number of hydrogen-bond donors (Lipinski definition) is 1. The minimum atomic E-state index is -3.13. The van der Waals surface area contributed by atoms with Crippen LogP contribution in [-0.4, -0.2) is 72.8 Å². The number of sulfone groups is 1. The van der Waals surface area contributed by atoms with Gasteiger partial charge in [-0.3, -0.25) is 14.5 Å². The molecule has 3 heterocycles. The lowest BCUT2D eigenvalue weighted by Gasteiger charge is -2.42. The number of likely N-dealkylation sites (N-methyl/N-ethyl adjacent to an activating group) is 1. The number of carbonyl (C=O) groups is 1. The molecule has 0 radical (unpaired) electrons. The average Bonchev–Trinajstić information content (AvgIpc) is 2.82. The summed E-state index contributed by atoms with van der Waals surface area (Å²) in [5, 5.41) is 0. The van der Waals surface area contributed by atoms with Crippen LogP contribution in [0.2, 0.25) is 0 Å². The van der Waals surface area contributed by atoms with Crippen LogP contribution in [0.5, 0.6) is 0 Å². The van der Waals surface area contributed by atoms with Crippen LogP contribution in [0, 0.1) is 0 Å². The van der Waals surface area contributed by atoms with Crippen molar-refractivity contribution in [1.29, 1.82) is 0 Å². The van der Waals surface area contributed by atoms with E-state index in [9.17, 15) is 18.0 Å². The summed E-state index contributed by atoms with van der Waals surface area (Å²) in [6, 6.07) is 2.47. The number of carbonyl (C=O) groups excluding carboxylic acids is 1. The number of rotatable bonds is 2. The number of pyridine rings is 1. The molecule has 126 valence electrons. The van der Waals surface area contributed by atoms with Crippen molar-refractivity contribution in [2.45, 2.75) is 25.4 Å². The molecule has 3 rings (SSSR count). The predicted molar refractivity (Wildman–Crippen MR) is 86.3 cm³/mol. The van der Waals surface area contributed by atoms with Crippen molar-refractivity contribution in [3.8, 4) is 0 Å². The Morgan fingerprint density at radius 3 is 2.65 bits per heavy atom. The fraction of sp³-hybridized carbons (Fsp3) is 0.600. The first-order chi connectivity index (χ1) is 10.8. The van der Waals surface area contributed by atoms with Gasteiger partial charge in [-0.1, -0.05) is 6.92 Å². The minimum Gasteiger partial charge on any atom is -0.332 e. The van der Waals surface area contributed by atoms with Gasteiger partial charge in [-0.2, -0.15) is 0 Å². The van der Waals surface area contributed by atoms with Crippen molar-refractivity contribution in [3.05, 3.63) is 33.7 Å². The smallest absolute Gasteiger partial charge is 0.254 e.